The molecule has 6 nitrogen and oxygen atoms in total. The van der Waals surface area contributed by atoms with Crippen molar-refractivity contribution in [2.24, 2.45) is 11.8 Å². The molecule has 160 valence electrons. The Hall–Kier alpha value is -2.63. The first kappa shape index (κ1) is 20.6. The fourth-order valence-corrected chi connectivity index (χ4v) is 5.40. The third-order valence-corrected chi connectivity index (χ3v) is 7.04. The van der Waals surface area contributed by atoms with Gasteiger partial charge in [0.25, 0.3) is 0 Å². The quantitative estimate of drug-likeness (QED) is 0.732. The number of aromatic nitrogens is 2. The maximum absolute atomic E-state index is 13.5. The predicted octanol–water partition coefficient (Wildman–Crippen LogP) is 3.09. The Kier molecular flexibility index (Phi) is 5.67. The molecule has 1 amide bonds. The molecule has 1 aromatic heterocycles. The average molecular weight is 410 g/mol. The van der Waals surface area contributed by atoms with Gasteiger partial charge in [-0.25, -0.2) is 9.36 Å². The molecule has 0 N–H and O–H groups in total. The van der Waals surface area contributed by atoms with Crippen molar-refractivity contribution >= 4 is 11.8 Å². The van der Waals surface area contributed by atoms with E-state index in [9.17, 15) is 14.4 Å². The van der Waals surface area contributed by atoms with E-state index in [4.69, 9.17) is 0 Å². The van der Waals surface area contributed by atoms with Crippen molar-refractivity contribution in [2.75, 3.05) is 13.1 Å². The smallest absolute Gasteiger partial charge is 0.335 e. The zero-order valence-electron chi connectivity index (χ0n) is 18.1. The van der Waals surface area contributed by atoms with E-state index in [0.29, 0.717) is 19.4 Å². The lowest BCUT2D eigenvalue weighted by atomic mass is 9.77. The molecule has 0 saturated carbocycles. The Balaban J connectivity index is 1.87. The second-order valence-corrected chi connectivity index (χ2v) is 8.70. The lowest BCUT2D eigenvalue weighted by Gasteiger charge is -2.31. The summed E-state index contributed by atoms with van der Waals surface area (Å²) in [4.78, 5) is 40.9. The highest BCUT2D eigenvalue weighted by atomic mass is 16.2. The number of fused-ring (bicyclic) bond motifs is 1. The van der Waals surface area contributed by atoms with E-state index in [2.05, 4.69) is 19.1 Å². The standard InChI is InChI=1S/C24H31N3O3/c1-4-26-21-15-20(23(29)25-12-8-9-13-25)16(2)19(18-10-6-5-7-11-18)14-22(21)27(17(3)28)24(26)30/h5-7,10-11,16,19-20H,4,8-9,12-15H2,1-3H3/t16-,19-,20+/m1/s1. The number of rotatable bonds is 3. The van der Waals surface area contributed by atoms with Gasteiger partial charge in [-0.15, -0.1) is 0 Å². The molecule has 30 heavy (non-hydrogen) atoms. The molecule has 0 bridgehead atoms. The van der Waals surface area contributed by atoms with Crippen molar-refractivity contribution in [2.45, 2.75) is 58.9 Å². The first-order valence-corrected chi connectivity index (χ1v) is 11.1. The summed E-state index contributed by atoms with van der Waals surface area (Å²) in [6, 6.07) is 10.2. The van der Waals surface area contributed by atoms with Gasteiger partial charge in [-0.3, -0.25) is 14.2 Å². The molecule has 6 heteroatoms. The van der Waals surface area contributed by atoms with Gasteiger partial charge in [0.05, 0.1) is 5.69 Å². The van der Waals surface area contributed by atoms with Crippen LogP contribution in [0, 0.1) is 11.8 Å². The summed E-state index contributed by atoms with van der Waals surface area (Å²) >= 11 is 0. The van der Waals surface area contributed by atoms with Crippen molar-refractivity contribution in [3.8, 4) is 0 Å². The minimum atomic E-state index is -0.274. The second-order valence-electron chi connectivity index (χ2n) is 8.70. The molecular weight excluding hydrogens is 378 g/mol. The van der Waals surface area contributed by atoms with Crippen molar-refractivity contribution in [3.05, 3.63) is 57.8 Å². The number of carbonyl (C=O) groups excluding carboxylic acids is 2. The number of likely N-dealkylation sites (tertiary alicyclic amines) is 1. The fraction of sp³-hybridized carbons (Fsp3) is 0.542. The number of amides is 1. The number of nitrogens with zero attached hydrogens (tertiary/aromatic N) is 3. The number of hydrogen-bond donors (Lipinski definition) is 0. The Labute approximate surface area is 177 Å². The van der Waals surface area contributed by atoms with Crippen LogP contribution in [-0.4, -0.2) is 38.9 Å². The monoisotopic (exact) mass is 409 g/mol. The van der Waals surface area contributed by atoms with Crippen molar-refractivity contribution in [3.63, 3.8) is 0 Å². The molecule has 4 rings (SSSR count). The van der Waals surface area contributed by atoms with Crippen LogP contribution in [0.1, 0.15) is 61.3 Å². The van der Waals surface area contributed by atoms with Crippen LogP contribution in [-0.2, 0) is 24.2 Å². The topological polar surface area (TPSA) is 64.3 Å². The highest BCUT2D eigenvalue weighted by Gasteiger charge is 2.41. The largest absolute Gasteiger partial charge is 0.342 e. The van der Waals surface area contributed by atoms with E-state index < -0.39 is 0 Å². The van der Waals surface area contributed by atoms with Gasteiger partial charge in [-0.1, -0.05) is 37.3 Å². The number of benzene rings is 1. The van der Waals surface area contributed by atoms with E-state index in [1.54, 1.807) is 4.57 Å². The minimum Gasteiger partial charge on any atom is -0.342 e. The SMILES string of the molecule is CCn1c2c(n(C(C)=O)c1=O)C[C@@H](c1ccccc1)[C@@H](C)[C@@H](C(=O)N1CCCC1)C2. The Bertz CT molecular complexity index is 999. The maximum atomic E-state index is 13.5. The summed E-state index contributed by atoms with van der Waals surface area (Å²) in [5, 5.41) is 0. The molecule has 1 saturated heterocycles. The lowest BCUT2D eigenvalue weighted by molar-refractivity contribution is -0.136. The van der Waals surface area contributed by atoms with Crippen LogP contribution in [0.3, 0.4) is 0 Å². The number of hydrogen-bond acceptors (Lipinski definition) is 3. The normalized spacial score (nSPS) is 23.8. The summed E-state index contributed by atoms with van der Waals surface area (Å²) in [6.07, 6.45) is 3.21. The van der Waals surface area contributed by atoms with E-state index in [0.717, 1.165) is 42.9 Å². The molecule has 1 fully saturated rings. The summed E-state index contributed by atoms with van der Waals surface area (Å²) < 4.78 is 3.03. The van der Waals surface area contributed by atoms with Gasteiger partial charge < -0.3 is 4.90 Å². The second kappa shape index (κ2) is 8.25. The van der Waals surface area contributed by atoms with Gasteiger partial charge in [0.15, 0.2) is 0 Å². The molecule has 2 aliphatic rings. The summed E-state index contributed by atoms with van der Waals surface area (Å²) in [5.74, 6) is -0.0864. The van der Waals surface area contributed by atoms with Crippen LogP contribution >= 0.6 is 0 Å². The van der Waals surface area contributed by atoms with Crippen LogP contribution < -0.4 is 5.69 Å². The molecule has 0 unspecified atom stereocenters. The molecule has 0 spiro atoms. The molecule has 2 heterocycles. The van der Waals surface area contributed by atoms with Crippen molar-refractivity contribution in [1.82, 2.24) is 14.0 Å². The zero-order valence-corrected chi connectivity index (χ0v) is 18.1. The van der Waals surface area contributed by atoms with Gasteiger partial charge in [-0.05, 0) is 43.6 Å². The van der Waals surface area contributed by atoms with Crippen LogP contribution in [0.2, 0.25) is 0 Å². The highest BCUT2D eigenvalue weighted by Crippen LogP contribution is 2.40. The fourth-order valence-electron chi connectivity index (χ4n) is 5.40. The molecule has 2 aromatic rings. The molecule has 3 atom stereocenters. The van der Waals surface area contributed by atoms with Crippen molar-refractivity contribution < 1.29 is 9.59 Å². The Morgan fingerprint density at radius 1 is 1.03 bits per heavy atom. The van der Waals surface area contributed by atoms with Gasteiger partial charge in [0.1, 0.15) is 0 Å². The van der Waals surface area contributed by atoms with Crippen LogP contribution in [0.25, 0.3) is 0 Å². The highest BCUT2D eigenvalue weighted by molar-refractivity contribution is 5.80. The van der Waals surface area contributed by atoms with E-state index in [1.165, 1.54) is 11.5 Å². The minimum absolute atomic E-state index is 0.0710. The maximum Gasteiger partial charge on any atom is 0.335 e. The summed E-state index contributed by atoms with van der Waals surface area (Å²) in [5.41, 5.74) is 2.53. The van der Waals surface area contributed by atoms with Gasteiger partial charge in [0.2, 0.25) is 11.8 Å². The predicted molar refractivity (Wildman–Crippen MR) is 116 cm³/mol. The van der Waals surface area contributed by atoms with Crippen LogP contribution in [0.4, 0.5) is 0 Å². The Morgan fingerprint density at radius 3 is 2.30 bits per heavy atom. The molecular formula is C24H31N3O3. The van der Waals surface area contributed by atoms with Gasteiger partial charge in [0, 0.05) is 44.6 Å². The van der Waals surface area contributed by atoms with E-state index in [1.807, 2.05) is 30.0 Å². The number of carbonyl (C=O) groups is 2. The van der Waals surface area contributed by atoms with Crippen molar-refractivity contribution in [1.29, 1.82) is 0 Å². The molecule has 1 aliphatic carbocycles. The zero-order chi connectivity index (χ0) is 21.4. The summed E-state index contributed by atoms with van der Waals surface area (Å²) in [6.45, 7) is 7.66. The molecule has 1 aliphatic heterocycles. The Morgan fingerprint density at radius 2 is 1.70 bits per heavy atom. The van der Waals surface area contributed by atoms with Gasteiger partial charge >= 0.3 is 5.69 Å². The van der Waals surface area contributed by atoms with Crippen LogP contribution in [0.15, 0.2) is 35.1 Å². The van der Waals surface area contributed by atoms with E-state index >= 15 is 0 Å². The third kappa shape index (κ3) is 3.42. The van der Waals surface area contributed by atoms with Gasteiger partial charge in [-0.2, -0.15) is 0 Å². The van der Waals surface area contributed by atoms with Crippen LogP contribution in [0.5, 0.6) is 0 Å². The average Bonchev–Trinajstić information content (AvgIpc) is 3.33. The number of imidazole rings is 1. The molecule has 1 aromatic carbocycles. The first-order valence-electron chi connectivity index (χ1n) is 11.1. The summed E-state index contributed by atoms with van der Waals surface area (Å²) in [7, 11) is 0. The first-order chi connectivity index (χ1) is 14.4. The third-order valence-electron chi connectivity index (χ3n) is 7.04. The van der Waals surface area contributed by atoms with E-state index in [-0.39, 0.29) is 35.3 Å². The lowest BCUT2D eigenvalue weighted by Crippen LogP contribution is -2.39. The molecule has 0 radical (unpaired) electrons.